The number of carbonyl (C=O) groups is 1. The molecule has 0 saturated carbocycles. The molecule has 1 unspecified atom stereocenters. The van der Waals surface area contributed by atoms with Gasteiger partial charge in [0.15, 0.2) is 0 Å². The first-order valence-electron chi connectivity index (χ1n) is 7.18. The van der Waals surface area contributed by atoms with Gasteiger partial charge in [0.25, 0.3) is 0 Å². The Morgan fingerprint density at radius 3 is 2.71 bits per heavy atom. The van der Waals surface area contributed by atoms with Crippen molar-refractivity contribution in [2.24, 2.45) is 5.73 Å². The maximum Gasteiger partial charge on any atom is 0.469 e. The van der Waals surface area contributed by atoms with Crippen LogP contribution in [-0.4, -0.2) is 43.5 Å². The number of aliphatic carboxylic acids is 1. The first kappa shape index (κ1) is 20.5. The highest BCUT2D eigenvalue weighted by Gasteiger charge is 2.21. The zero-order valence-corrected chi connectivity index (χ0v) is 14.1. The average molecular weight is 363 g/mol. The number of hydrogen-bond acceptors (Lipinski definition) is 7. The molecule has 0 radical (unpaired) electrons. The summed E-state index contributed by atoms with van der Waals surface area (Å²) in [6.45, 7) is 1.40. The number of hydrogen-bond donors (Lipinski definition) is 6. The number of aromatic nitrogens is 1. The first-order valence-corrected chi connectivity index (χ1v) is 8.71. The average Bonchev–Trinajstić information content (AvgIpc) is 2.48. The molecule has 7 N–H and O–H groups in total. The Labute approximate surface area is 138 Å². The molecule has 0 aliphatic carbocycles. The number of phosphoric acid groups is 1. The third-order valence-electron chi connectivity index (χ3n) is 3.34. The van der Waals surface area contributed by atoms with Crippen LogP contribution in [0, 0.1) is 6.92 Å². The minimum atomic E-state index is -4.68. The second-order valence-corrected chi connectivity index (χ2v) is 6.40. The van der Waals surface area contributed by atoms with E-state index in [0.717, 1.165) is 0 Å². The number of rotatable bonds is 10. The van der Waals surface area contributed by atoms with Gasteiger partial charge in [-0.05, 0) is 26.3 Å². The zero-order valence-electron chi connectivity index (χ0n) is 13.2. The predicted octanol–water partition coefficient (Wildman–Crippen LogP) is -0.0134. The Bertz CT molecular complexity index is 620. The van der Waals surface area contributed by atoms with Crippen LogP contribution in [0.15, 0.2) is 6.20 Å². The van der Waals surface area contributed by atoms with E-state index in [4.69, 9.17) is 15.5 Å². The third kappa shape index (κ3) is 6.52. The molecular weight excluding hydrogens is 341 g/mol. The molecule has 1 rings (SSSR count). The second kappa shape index (κ2) is 9.07. The van der Waals surface area contributed by atoms with Gasteiger partial charge in [0, 0.05) is 23.9 Å². The molecular formula is C13H22N3O7P. The quantitative estimate of drug-likeness (QED) is 0.310. The molecule has 0 aromatic carbocycles. The summed E-state index contributed by atoms with van der Waals surface area (Å²) in [5.74, 6) is -1.24. The maximum absolute atomic E-state index is 11.2. The Kier molecular flexibility index (Phi) is 7.74. The predicted molar refractivity (Wildman–Crippen MR) is 84.0 cm³/mol. The fraction of sp³-hybridized carbons (Fsp3) is 0.538. The Morgan fingerprint density at radius 1 is 1.50 bits per heavy atom. The monoisotopic (exact) mass is 363 g/mol. The van der Waals surface area contributed by atoms with Crippen molar-refractivity contribution in [3.63, 3.8) is 0 Å². The second-order valence-electron chi connectivity index (χ2n) is 5.16. The number of phosphoric ester groups is 1. The molecule has 1 aromatic rings. The zero-order chi connectivity index (χ0) is 18.3. The van der Waals surface area contributed by atoms with E-state index in [1.54, 1.807) is 6.92 Å². The van der Waals surface area contributed by atoms with E-state index in [1.807, 2.05) is 0 Å². The van der Waals surface area contributed by atoms with Crippen molar-refractivity contribution in [1.29, 1.82) is 0 Å². The van der Waals surface area contributed by atoms with Gasteiger partial charge in [-0.3, -0.25) is 14.3 Å². The summed E-state index contributed by atoms with van der Waals surface area (Å²) >= 11 is 0. The van der Waals surface area contributed by atoms with E-state index in [-0.39, 0.29) is 23.4 Å². The van der Waals surface area contributed by atoms with Crippen molar-refractivity contribution < 1.29 is 33.9 Å². The van der Waals surface area contributed by atoms with Gasteiger partial charge < -0.3 is 31.1 Å². The summed E-state index contributed by atoms with van der Waals surface area (Å²) in [4.78, 5) is 32.7. The molecule has 11 heteroatoms. The number of nitrogens with zero attached hydrogens (tertiary/aromatic N) is 1. The molecule has 0 spiro atoms. The van der Waals surface area contributed by atoms with Gasteiger partial charge in [-0.15, -0.1) is 0 Å². The summed E-state index contributed by atoms with van der Waals surface area (Å²) in [7, 11) is -4.68. The molecule has 136 valence electrons. The SMILES string of the molecule is Cc1ncc(COP(=O)(O)O)c(CNC(CCCN)C(=O)O)c1O. The Balaban J connectivity index is 2.93. The number of aromatic hydroxyl groups is 1. The number of carboxylic acids is 1. The highest BCUT2D eigenvalue weighted by molar-refractivity contribution is 7.46. The molecule has 0 bridgehead atoms. The Morgan fingerprint density at radius 2 is 2.17 bits per heavy atom. The highest BCUT2D eigenvalue weighted by Crippen LogP contribution is 2.38. The highest BCUT2D eigenvalue weighted by atomic mass is 31.2. The van der Waals surface area contributed by atoms with E-state index in [9.17, 15) is 19.6 Å². The van der Waals surface area contributed by atoms with Gasteiger partial charge in [0.1, 0.15) is 11.8 Å². The minimum absolute atomic E-state index is 0.0312. The van der Waals surface area contributed by atoms with Crippen molar-refractivity contribution in [2.45, 2.75) is 39.0 Å². The molecule has 10 nitrogen and oxygen atoms in total. The fourth-order valence-corrected chi connectivity index (χ4v) is 2.33. The van der Waals surface area contributed by atoms with Crippen LogP contribution in [0.3, 0.4) is 0 Å². The molecule has 1 aromatic heterocycles. The number of nitrogens with one attached hydrogen (secondary N) is 1. The molecule has 0 saturated heterocycles. The summed E-state index contributed by atoms with van der Waals surface area (Å²) in [6.07, 6.45) is 2.14. The molecule has 0 aliphatic rings. The lowest BCUT2D eigenvalue weighted by molar-refractivity contribution is -0.139. The molecule has 1 atom stereocenters. The van der Waals surface area contributed by atoms with Crippen LogP contribution in [-0.2, 0) is 27.0 Å². The maximum atomic E-state index is 11.2. The van der Waals surface area contributed by atoms with Gasteiger partial charge in [-0.2, -0.15) is 0 Å². The summed E-state index contributed by atoms with van der Waals surface area (Å²) in [5.41, 5.74) is 6.20. The lowest BCUT2D eigenvalue weighted by atomic mass is 10.1. The van der Waals surface area contributed by atoms with Gasteiger partial charge >= 0.3 is 13.8 Å². The van der Waals surface area contributed by atoms with E-state index in [2.05, 4.69) is 14.8 Å². The summed E-state index contributed by atoms with van der Waals surface area (Å²) in [6, 6.07) is -0.864. The van der Waals surface area contributed by atoms with Crippen LogP contribution in [0.2, 0.25) is 0 Å². The van der Waals surface area contributed by atoms with Gasteiger partial charge in [-0.1, -0.05) is 0 Å². The van der Waals surface area contributed by atoms with Crippen LogP contribution >= 0.6 is 7.82 Å². The number of carboxylic acid groups (broad SMARTS) is 1. The smallest absolute Gasteiger partial charge is 0.469 e. The molecule has 24 heavy (non-hydrogen) atoms. The minimum Gasteiger partial charge on any atom is -0.506 e. The van der Waals surface area contributed by atoms with E-state index in [0.29, 0.717) is 25.1 Å². The van der Waals surface area contributed by atoms with Crippen molar-refractivity contribution >= 4 is 13.8 Å². The van der Waals surface area contributed by atoms with E-state index < -0.39 is 26.4 Å². The summed E-state index contributed by atoms with van der Waals surface area (Å²) in [5, 5.41) is 22.1. The number of aryl methyl sites for hydroxylation is 1. The molecule has 0 fully saturated rings. The summed E-state index contributed by atoms with van der Waals surface area (Å²) < 4.78 is 15.3. The molecule has 1 heterocycles. The third-order valence-corrected chi connectivity index (χ3v) is 3.80. The Hall–Kier alpha value is -1.55. The normalized spacial score (nSPS) is 13.0. The largest absolute Gasteiger partial charge is 0.506 e. The standard InChI is InChI=1S/C13H22N3O7P/c1-8-12(17)10(6-16-11(13(18)19)3-2-4-14)9(5-15-8)7-23-24(20,21)22/h5,11,16-17H,2-4,6-7,14H2,1H3,(H,18,19)(H2,20,21,22). The van der Waals surface area contributed by atoms with Crippen LogP contribution < -0.4 is 11.1 Å². The number of pyridine rings is 1. The molecule has 0 aliphatic heterocycles. The van der Waals surface area contributed by atoms with Gasteiger partial charge in [-0.25, -0.2) is 4.57 Å². The fourth-order valence-electron chi connectivity index (χ4n) is 2.02. The topological polar surface area (TPSA) is 175 Å². The lowest BCUT2D eigenvalue weighted by Crippen LogP contribution is -2.36. The van der Waals surface area contributed by atoms with Gasteiger partial charge in [0.05, 0.1) is 12.3 Å². The van der Waals surface area contributed by atoms with Crippen molar-refractivity contribution in [1.82, 2.24) is 10.3 Å². The van der Waals surface area contributed by atoms with E-state index >= 15 is 0 Å². The van der Waals surface area contributed by atoms with E-state index in [1.165, 1.54) is 6.20 Å². The number of nitrogens with two attached hydrogens (primary N) is 1. The van der Waals surface area contributed by atoms with Crippen LogP contribution in [0.1, 0.15) is 29.7 Å². The van der Waals surface area contributed by atoms with Crippen molar-refractivity contribution in [3.8, 4) is 5.75 Å². The molecule has 0 amide bonds. The van der Waals surface area contributed by atoms with Crippen LogP contribution in [0.4, 0.5) is 0 Å². The van der Waals surface area contributed by atoms with Gasteiger partial charge in [0.2, 0.25) is 0 Å². The lowest BCUT2D eigenvalue weighted by Gasteiger charge is -2.17. The van der Waals surface area contributed by atoms with Crippen molar-refractivity contribution in [2.75, 3.05) is 6.54 Å². The van der Waals surface area contributed by atoms with Crippen LogP contribution in [0.25, 0.3) is 0 Å². The van der Waals surface area contributed by atoms with Crippen molar-refractivity contribution in [3.05, 3.63) is 23.0 Å². The first-order chi connectivity index (χ1) is 11.2. The van der Waals surface area contributed by atoms with Crippen LogP contribution in [0.5, 0.6) is 5.75 Å².